The molecule has 0 unspecified atom stereocenters. The maximum atomic E-state index is 5.32. The predicted molar refractivity (Wildman–Crippen MR) is 89.7 cm³/mol. The number of hydrogen-bond donors (Lipinski definition) is 0. The van der Waals surface area contributed by atoms with Gasteiger partial charge in [0.1, 0.15) is 16.2 Å². The van der Waals surface area contributed by atoms with E-state index in [9.17, 15) is 0 Å². The van der Waals surface area contributed by atoms with Crippen molar-refractivity contribution in [1.29, 1.82) is 0 Å². The molecular weight excluding hydrogens is 298 g/mol. The lowest BCUT2D eigenvalue weighted by Crippen LogP contribution is -1.92. The summed E-state index contributed by atoms with van der Waals surface area (Å²) in [5, 5.41) is 10.5. The van der Waals surface area contributed by atoms with Gasteiger partial charge < -0.3 is 0 Å². The number of thioether (sulfide) groups is 1. The van der Waals surface area contributed by atoms with E-state index in [1.165, 1.54) is 17.3 Å². The predicted octanol–water partition coefficient (Wildman–Crippen LogP) is 4.10. The quantitative estimate of drug-likeness (QED) is 0.539. The lowest BCUT2D eigenvalue weighted by Gasteiger charge is -2.04. The molecule has 0 aliphatic carbocycles. The van der Waals surface area contributed by atoms with E-state index in [1.807, 2.05) is 6.92 Å². The monoisotopic (exact) mass is 311 g/mol. The zero-order chi connectivity index (χ0) is 14.8. The number of rotatable bonds is 3. The molecule has 2 heterocycles. The van der Waals surface area contributed by atoms with Crippen molar-refractivity contribution in [2.45, 2.75) is 18.9 Å². The van der Waals surface area contributed by atoms with Crippen molar-refractivity contribution < 1.29 is 0 Å². The number of aryl methyl sites for hydroxylation is 2. The van der Waals surface area contributed by atoms with Gasteiger partial charge in [-0.2, -0.15) is 0 Å². The fraction of sp³-hybridized carbons (Fsp3) is 0.188. The molecule has 0 aliphatic rings. The highest BCUT2D eigenvalue weighted by Crippen LogP contribution is 2.35. The second kappa shape index (κ2) is 5.84. The van der Waals surface area contributed by atoms with Gasteiger partial charge in [0.15, 0.2) is 0 Å². The van der Waals surface area contributed by atoms with Gasteiger partial charge in [0.05, 0.1) is 15.5 Å². The molecule has 0 radical (unpaired) electrons. The van der Waals surface area contributed by atoms with E-state index in [2.05, 4.69) is 52.3 Å². The molecule has 0 bridgehead atoms. The summed E-state index contributed by atoms with van der Waals surface area (Å²) in [5.41, 5.74) is 4.09. The Morgan fingerprint density at radius 2 is 1.95 bits per heavy atom. The third-order valence-electron chi connectivity index (χ3n) is 3.01. The van der Waals surface area contributed by atoms with Gasteiger partial charge in [-0.05, 0) is 13.8 Å². The summed E-state index contributed by atoms with van der Waals surface area (Å²) in [4.78, 5) is 4.60. The molecular formula is C16H13N3S2. The first-order valence-electron chi connectivity index (χ1n) is 6.46. The van der Waals surface area contributed by atoms with Crippen molar-refractivity contribution in [2.24, 2.45) is 0 Å². The van der Waals surface area contributed by atoms with Crippen LogP contribution in [0.2, 0.25) is 0 Å². The minimum Gasteiger partial charge on any atom is -0.238 e. The van der Waals surface area contributed by atoms with Crippen LogP contribution in [-0.2, 0) is 0 Å². The minimum atomic E-state index is 0.574. The Bertz CT molecular complexity index is 829. The van der Waals surface area contributed by atoms with Crippen LogP contribution in [0.1, 0.15) is 10.6 Å². The highest BCUT2D eigenvalue weighted by Gasteiger charge is 2.15. The van der Waals surface area contributed by atoms with Crippen LogP contribution in [0.15, 0.2) is 29.3 Å². The summed E-state index contributed by atoms with van der Waals surface area (Å²) < 4.78 is 1.07. The molecule has 3 nitrogen and oxygen atoms in total. The molecule has 104 valence electrons. The van der Waals surface area contributed by atoms with Gasteiger partial charge in [-0.25, -0.2) is 4.98 Å². The molecule has 2 aromatic heterocycles. The molecule has 0 fully saturated rings. The minimum absolute atomic E-state index is 0.574. The molecule has 0 aliphatic heterocycles. The summed E-state index contributed by atoms with van der Waals surface area (Å²) in [6, 6.07) is 8.31. The van der Waals surface area contributed by atoms with Gasteiger partial charge >= 0.3 is 0 Å². The van der Waals surface area contributed by atoms with Gasteiger partial charge in [0.2, 0.25) is 0 Å². The molecule has 0 N–H and O–H groups in total. The Kier molecular flexibility index (Phi) is 3.91. The van der Waals surface area contributed by atoms with Crippen LogP contribution in [-0.4, -0.2) is 20.9 Å². The van der Waals surface area contributed by atoms with Gasteiger partial charge in [0, 0.05) is 5.56 Å². The van der Waals surface area contributed by atoms with Crippen LogP contribution in [0.5, 0.6) is 0 Å². The van der Waals surface area contributed by atoms with Crippen molar-refractivity contribution in [3.63, 3.8) is 0 Å². The molecule has 5 heteroatoms. The van der Waals surface area contributed by atoms with E-state index >= 15 is 0 Å². The Labute approximate surface area is 131 Å². The first kappa shape index (κ1) is 14.1. The van der Waals surface area contributed by atoms with Crippen LogP contribution in [0.4, 0.5) is 0 Å². The van der Waals surface area contributed by atoms with E-state index < -0.39 is 0 Å². The maximum Gasteiger partial charge on any atom is 0.147 e. The lowest BCUT2D eigenvalue weighted by molar-refractivity contribution is 0.956. The number of fused-ring (bicyclic) bond motifs is 1. The molecule has 3 rings (SSSR count). The van der Waals surface area contributed by atoms with Crippen molar-refractivity contribution in [1.82, 2.24) is 15.2 Å². The highest BCUT2D eigenvalue weighted by atomic mass is 32.2. The molecule has 3 aromatic rings. The second-order valence-corrected chi connectivity index (χ2v) is 6.79. The third-order valence-corrected chi connectivity index (χ3v) is 4.85. The smallest absolute Gasteiger partial charge is 0.147 e. The van der Waals surface area contributed by atoms with E-state index in [0.29, 0.717) is 5.75 Å². The van der Waals surface area contributed by atoms with Gasteiger partial charge in [-0.3, -0.25) is 0 Å². The Morgan fingerprint density at radius 3 is 2.67 bits per heavy atom. The Morgan fingerprint density at radius 1 is 1.19 bits per heavy atom. The van der Waals surface area contributed by atoms with E-state index in [-0.39, 0.29) is 0 Å². The SMILES string of the molecule is C#CCSc1nnc(-c2ccc(C)cc2)c2sc(C)nc12. The summed E-state index contributed by atoms with van der Waals surface area (Å²) in [7, 11) is 0. The van der Waals surface area contributed by atoms with Crippen LogP contribution < -0.4 is 0 Å². The average molecular weight is 311 g/mol. The number of nitrogens with zero attached hydrogens (tertiary/aromatic N) is 3. The number of thiazole rings is 1. The van der Waals surface area contributed by atoms with Crippen LogP contribution in [0.25, 0.3) is 21.5 Å². The number of benzene rings is 1. The molecule has 0 atom stereocenters. The number of terminal acetylenes is 1. The fourth-order valence-corrected chi connectivity index (χ4v) is 3.62. The molecule has 0 saturated heterocycles. The summed E-state index contributed by atoms with van der Waals surface area (Å²) in [6.45, 7) is 4.07. The first-order valence-corrected chi connectivity index (χ1v) is 8.26. The van der Waals surface area contributed by atoms with Crippen molar-refractivity contribution in [3.05, 3.63) is 34.8 Å². The summed E-state index contributed by atoms with van der Waals surface area (Å²) in [6.07, 6.45) is 5.32. The molecule has 0 spiro atoms. The molecule has 1 aromatic carbocycles. The van der Waals surface area contributed by atoms with Crippen molar-refractivity contribution in [2.75, 3.05) is 5.75 Å². The van der Waals surface area contributed by atoms with E-state index in [1.54, 1.807) is 11.3 Å². The topological polar surface area (TPSA) is 38.7 Å². The van der Waals surface area contributed by atoms with Crippen LogP contribution in [0.3, 0.4) is 0 Å². The van der Waals surface area contributed by atoms with E-state index in [4.69, 9.17) is 6.42 Å². The first-order chi connectivity index (χ1) is 10.2. The molecule has 0 saturated carbocycles. The normalized spacial score (nSPS) is 10.7. The molecule has 0 amide bonds. The van der Waals surface area contributed by atoms with Crippen molar-refractivity contribution >= 4 is 33.3 Å². The zero-order valence-corrected chi connectivity index (χ0v) is 13.4. The van der Waals surface area contributed by atoms with Gasteiger partial charge in [-0.1, -0.05) is 47.5 Å². The fourth-order valence-electron chi connectivity index (χ4n) is 2.03. The Hall–Kier alpha value is -1.90. The standard InChI is InChI=1S/C16H13N3S2/c1-4-9-20-16-14-15(21-11(3)17-14)13(18-19-16)12-7-5-10(2)6-8-12/h1,5-8H,9H2,2-3H3. The Balaban J connectivity index is 2.17. The van der Waals surface area contributed by atoms with Crippen LogP contribution in [0, 0.1) is 26.2 Å². The number of aromatic nitrogens is 3. The third kappa shape index (κ3) is 2.78. The molecule has 21 heavy (non-hydrogen) atoms. The average Bonchev–Trinajstić information content (AvgIpc) is 2.87. The summed E-state index contributed by atoms with van der Waals surface area (Å²) in [5.74, 6) is 3.18. The van der Waals surface area contributed by atoms with Crippen LogP contribution >= 0.6 is 23.1 Å². The van der Waals surface area contributed by atoms with Gasteiger partial charge in [-0.15, -0.1) is 28.0 Å². The highest BCUT2D eigenvalue weighted by molar-refractivity contribution is 7.99. The number of hydrogen-bond acceptors (Lipinski definition) is 5. The largest absolute Gasteiger partial charge is 0.238 e. The lowest BCUT2D eigenvalue weighted by atomic mass is 10.1. The van der Waals surface area contributed by atoms with E-state index in [0.717, 1.165) is 31.5 Å². The maximum absolute atomic E-state index is 5.32. The van der Waals surface area contributed by atoms with Gasteiger partial charge in [0.25, 0.3) is 0 Å². The summed E-state index contributed by atoms with van der Waals surface area (Å²) >= 11 is 3.15. The second-order valence-electron chi connectivity index (χ2n) is 4.62. The zero-order valence-electron chi connectivity index (χ0n) is 11.8. The van der Waals surface area contributed by atoms with Crippen molar-refractivity contribution in [3.8, 4) is 23.6 Å².